The van der Waals surface area contributed by atoms with Crippen LogP contribution in [-0.4, -0.2) is 28.0 Å². The number of benzene rings is 3. The first-order valence-electron chi connectivity index (χ1n) is 10.8. The van der Waals surface area contributed by atoms with Gasteiger partial charge < -0.3 is 9.47 Å². The first-order valence-corrected chi connectivity index (χ1v) is 12.6. The standard InChI is InChI=1S/C26H28ClNO5S/c1-18-7-11-22(12-8-18)34(30,31)28(21-10-14-25(32-4)23(27)17-21)26(29)6-5-15-33-24-13-9-19(2)16-20(24)3/h7-14,16-17H,5-6,15H2,1-4H3. The van der Waals surface area contributed by atoms with Crippen LogP contribution in [0.4, 0.5) is 5.69 Å². The Hall–Kier alpha value is -3.03. The lowest BCUT2D eigenvalue weighted by molar-refractivity contribution is -0.117. The molecule has 0 bridgehead atoms. The van der Waals surface area contributed by atoms with Gasteiger partial charge in [-0.2, -0.15) is 0 Å². The number of anilines is 1. The van der Waals surface area contributed by atoms with Crippen LogP contribution in [0, 0.1) is 20.8 Å². The summed E-state index contributed by atoms with van der Waals surface area (Å²) >= 11 is 6.24. The van der Waals surface area contributed by atoms with Crippen LogP contribution in [-0.2, 0) is 14.8 Å². The summed E-state index contributed by atoms with van der Waals surface area (Å²) in [6.45, 7) is 6.09. The highest BCUT2D eigenvalue weighted by molar-refractivity contribution is 7.93. The van der Waals surface area contributed by atoms with Gasteiger partial charge in [-0.15, -0.1) is 0 Å². The third-order valence-electron chi connectivity index (χ3n) is 5.28. The molecule has 3 rings (SSSR count). The lowest BCUT2D eigenvalue weighted by atomic mass is 10.1. The van der Waals surface area contributed by atoms with Crippen molar-refractivity contribution in [1.82, 2.24) is 0 Å². The molecule has 0 radical (unpaired) electrons. The minimum absolute atomic E-state index is 0.0184. The minimum Gasteiger partial charge on any atom is -0.495 e. The summed E-state index contributed by atoms with van der Waals surface area (Å²) < 4.78 is 38.7. The fourth-order valence-electron chi connectivity index (χ4n) is 3.48. The van der Waals surface area contributed by atoms with E-state index in [1.165, 1.54) is 37.4 Å². The van der Waals surface area contributed by atoms with Crippen LogP contribution >= 0.6 is 11.6 Å². The van der Waals surface area contributed by atoms with Gasteiger partial charge >= 0.3 is 0 Å². The Morgan fingerprint density at radius 1 is 0.912 bits per heavy atom. The van der Waals surface area contributed by atoms with E-state index >= 15 is 0 Å². The van der Waals surface area contributed by atoms with Crippen molar-refractivity contribution >= 4 is 33.2 Å². The van der Waals surface area contributed by atoms with Crippen molar-refractivity contribution in [2.75, 3.05) is 18.0 Å². The molecule has 6 nitrogen and oxygen atoms in total. The van der Waals surface area contributed by atoms with E-state index in [9.17, 15) is 13.2 Å². The number of rotatable bonds is 9. The highest BCUT2D eigenvalue weighted by Gasteiger charge is 2.31. The summed E-state index contributed by atoms with van der Waals surface area (Å²) in [7, 11) is -2.70. The average molecular weight is 502 g/mol. The van der Waals surface area contributed by atoms with E-state index < -0.39 is 15.9 Å². The molecule has 180 valence electrons. The molecule has 0 aromatic heterocycles. The molecule has 3 aromatic rings. The summed E-state index contributed by atoms with van der Waals surface area (Å²) in [6, 6.07) is 16.7. The van der Waals surface area contributed by atoms with Gasteiger partial charge in [-0.05, 0) is 69.2 Å². The number of hydrogen-bond acceptors (Lipinski definition) is 5. The Balaban J connectivity index is 1.83. The van der Waals surface area contributed by atoms with Crippen LogP contribution in [0.1, 0.15) is 29.5 Å². The van der Waals surface area contributed by atoms with E-state index in [2.05, 4.69) is 0 Å². The van der Waals surface area contributed by atoms with Crippen molar-refractivity contribution in [2.24, 2.45) is 0 Å². The molecular formula is C26H28ClNO5S. The van der Waals surface area contributed by atoms with Crippen molar-refractivity contribution in [3.05, 3.63) is 82.4 Å². The van der Waals surface area contributed by atoms with E-state index in [1.807, 2.05) is 39.0 Å². The van der Waals surface area contributed by atoms with E-state index in [-0.39, 0.29) is 28.6 Å². The predicted molar refractivity (Wildman–Crippen MR) is 134 cm³/mol. The smallest absolute Gasteiger partial charge is 0.270 e. The lowest BCUT2D eigenvalue weighted by Crippen LogP contribution is -2.37. The monoisotopic (exact) mass is 501 g/mol. The van der Waals surface area contributed by atoms with Gasteiger partial charge in [0.2, 0.25) is 5.91 Å². The van der Waals surface area contributed by atoms with E-state index in [1.54, 1.807) is 12.1 Å². The number of methoxy groups -OCH3 is 1. The van der Waals surface area contributed by atoms with Crippen molar-refractivity contribution < 1.29 is 22.7 Å². The van der Waals surface area contributed by atoms with Crippen LogP contribution in [0.25, 0.3) is 0 Å². The average Bonchev–Trinajstić information content (AvgIpc) is 2.78. The molecule has 0 saturated carbocycles. The molecule has 0 N–H and O–H groups in total. The van der Waals surface area contributed by atoms with Crippen molar-refractivity contribution in [1.29, 1.82) is 0 Å². The topological polar surface area (TPSA) is 72.9 Å². The summed E-state index contributed by atoms with van der Waals surface area (Å²) in [5, 5.41) is 0.204. The second-order valence-electron chi connectivity index (χ2n) is 8.02. The maximum absolute atomic E-state index is 13.5. The van der Waals surface area contributed by atoms with Gasteiger partial charge in [0, 0.05) is 6.42 Å². The normalized spacial score (nSPS) is 11.2. The largest absolute Gasteiger partial charge is 0.495 e. The summed E-state index contributed by atoms with van der Waals surface area (Å²) in [5.41, 5.74) is 3.19. The van der Waals surface area contributed by atoms with Gasteiger partial charge in [-0.1, -0.05) is 47.0 Å². The zero-order valence-electron chi connectivity index (χ0n) is 19.7. The molecular weight excluding hydrogens is 474 g/mol. The number of halogens is 1. The van der Waals surface area contributed by atoms with Crippen LogP contribution in [0.3, 0.4) is 0 Å². The highest BCUT2D eigenvalue weighted by atomic mass is 35.5. The number of carbonyl (C=O) groups excluding carboxylic acids is 1. The van der Waals surface area contributed by atoms with E-state index in [0.29, 0.717) is 12.2 Å². The maximum Gasteiger partial charge on any atom is 0.270 e. The molecule has 0 atom stereocenters. The number of amides is 1. The van der Waals surface area contributed by atoms with Crippen LogP contribution < -0.4 is 13.8 Å². The quantitative estimate of drug-likeness (QED) is 0.343. The zero-order valence-corrected chi connectivity index (χ0v) is 21.2. The fraction of sp³-hybridized carbons (Fsp3) is 0.269. The molecule has 0 saturated heterocycles. The van der Waals surface area contributed by atoms with Crippen LogP contribution in [0.5, 0.6) is 11.5 Å². The van der Waals surface area contributed by atoms with E-state index in [0.717, 1.165) is 26.7 Å². The summed E-state index contributed by atoms with van der Waals surface area (Å²) in [5.74, 6) is 0.544. The molecule has 0 fully saturated rings. The molecule has 0 aliphatic rings. The Kier molecular flexibility index (Phi) is 8.23. The second kappa shape index (κ2) is 10.9. The Labute approximate surface area is 206 Å². The molecule has 8 heteroatoms. The molecule has 0 heterocycles. The van der Waals surface area contributed by atoms with Gasteiger partial charge in [-0.3, -0.25) is 4.79 Å². The predicted octanol–water partition coefficient (Wildman–Crippen LogP) is 5.85. The maximum atomic E-state index is 13.5. The first kappa shape index (κ1) is 25.6. The lowest BCUT2D eigenvalue weighted by Gasteiger charge is -2.23. The minimum atomic E-state index is -4.16. The van der Waals surface area contributed by atoms with Gasteiger partial charge in [0.05, 0.1) is 29.3 Å². The van der Waals surface area contributed by atoms with Crippen molar-refractivity contribution in [3.63, 3.8) is 0 Å². The number of ether oxygens (including phenoxy) is 2. The summed E-state index contributed by atoms with van der Waals surface area (Å²) in [6.07, 6.45) is 0.315. The van der Waals surface area contributed by atoms with Crippen LogP contribution in [0.15, 0.2) is 65.6 Å². The Morgan fingerprint density at radius 3 is 2.18 bits per heavy atom. The fourth-order valence-corrected chi connectivity index (χ4v) is 5.18. The molecule has 0 spiro atoms. The zero-order chi connectivity index (χ0) is 24.9. The van der Waals surface area contributed by atoms with Gasteiger partial charge in [-0.25, -0.2) is 12.7 Å². The molecule has 34 heavy (non-hydrogen) atoms. The molecule has 0 unspecified atom stereocenters. The number of sulfonamides is 1. The number of carbonyl (C=O) groups is 1. The third-order valence-corrected chi connectivity index (χ3v) is 7.34. The molecule has 1 amide bonds. The third kappa shape index (κ3) is 5.90. The SMILES string of the molecule is COc1ccc(N(C(=O)CCCOc2ccc(C)cc2C)S(=O)(=O)c2ccc(C)cc2)cc1Cl. The molecule has 0 aliphatic carbocycles. The van der Waals surface area contributed by atoms with Gasteiger partial charge in [0.15, 0.2) is 0 Å². The van der Waals surface area contributed by atoms with Gasteiger partial charge in [0.25, 0.3) is 10.0 Å². The Bertz CT molecular complexity index is 1270. The second-order valence-corrected chi connectivity index (χ2v) is 10.2. The highest BCUT2D eigenvalue weighted by Crippen LogP contribution is 2.32. The number of hydrogen-bond donors (Lipinski definition) is 0. The molecule has 0 aliphatic heterocycles. The number of nitrogens with zero attached hydrogens (tertiary/aromatic N) is 1. The summed E-state index contributed by atoms with van der Waals surface area (Å²) in [4.78, 5) is 13.3. The van der Waals surface area contributed by atoms with E-state index in [4.69, 9.17) is 21.1 Å². The van der Waals surface area contributed by atoms with Crippen molar-refractivity contribution in [3.8, 4) is 11.5 Å². The van der Waals surface area contributed by atoms with Crippen LogP contribution in [0.2, 0.25) is 5.02 Å². The van der Waals surface area contributed by atoms with Gasteiger partial charge in [0.1, 0.15) is 11.5 Å². The first-order chi connectivity index (χ1) is 16.1. The Morgan fingerprint density at radius 2 is 1.56 bits per heavy atom. The molecule has 3 aromatic carbocycles. The van der Waals surface area contributed by atoms with Crippen molar-refractivity contribution in [2.45, 2.75) is 38.5 Å². The number of aryl methyl sites for hydroxylation is 3.